The van der Waals surface area contributed by atoms with Gasteiger partial charge in [-0.15, -0.1) is 0 Å². The van der Waals surface area contributed by atoms with Crippen LogP contribution in [-0.4, -0.2) is 43.8 Å². The summed E-state index contributed by atoms with van der Waals surface area (Å²) in [7, 11) is 2.17. The van der Waals surface area contributed by atoms with Crippen molar-refractivity contribution in [1.82, 2.24) is 4.90 Å². The Bertz CT molecular complexity index is 182. The summed E-state index contributed by atoms with van der Waals surface area (Å²) in [6.07, 6.45) is 4.18. The lowest BCUT2D eigenvalue weighted by Crippen LogP contribution is -2.54. The highest BCUT2D eigenvalue weighted by molar-refractivity contribution is 4.87. The van der Waals surface area contributed by atoms with E-state index in [1.165, 1.54) is 25.8 Å². The van der Waals surface area contributed by atoms with Crippen molar-refractivity contribution in [3.8, 4) is 0 Å². The molecule has 1 aliphatic carbocycles. The lowest BCUT2D eigenvalue weighted by Gasteiger charge is -2.41. The van der Waals surface area contributed by atoms with Crippen LogP contribution in [0.3, 0.4) is 0 Å². The molecular formula is C12H26N2O. The van der Waals surface area contributed by atoms with E-state index in [2.05, 4.69) is 18.9 Å². The van der Waals surface area contributed by atoms with Crippen molar-refractivity contribution in [2.45, 2.75) is 38.6 Å². The molecule has 0 aromatic rings. The minimum atomic E-state index is 0.00556. The molecule has 15 heavy (non-hydrogen) atoms. The van der Waals surface area contributed by atoms with Crippen molar-refractivity contribution in [2.24, 2.45) is 11.7 Å². The first-order valence-corrected chi connectivity index (χ1v) is 6.11. The third-order valence-electron chi connectivity index (χ3n) is 3.74. The minimum Gasteiger partial charge on any atom is -0.380 e. The van der Waals surface area contributed by atoms with Gasteiger partial charge < -0.3 is 10.5 Å². The normalized spacial score (nSPS) is 21.4. The fourth-order valence-electron chi connectivity index (χ4n) is 1.93. The molecule has 3 nitrogen and oxygen atoms in total. The van der Waals surface area contributed by atoms with Crippen LogP contribution in [-0.2, 0) is 4.74 Å². The van der Waals surface area contributed by atoms with Crippen LogP contribution in [0.25, 0.3) is 0 Å². The van der Waals surface area contributed by atoms with Crippen LogP contribution in [0.15, 0.2) is 0 Å². The largest absolute Gasteiger partial charge is 0.380 e. The molecular weight excluding hydrogens is 188 g/mol. The van der Waals surface area contributed by atoms with E-state index in [-0.39, 0.29) is 5.54 Å². The molecule has 0 aromatic carbocycles. The number of hydrogen-bond acceptors (Lipinski definition) is 3. The van der Waals surface area contributed by atoms with E-state index >= 15 is 0 Å². The maximum atomic E-state index is 5.86. The topological polar surface area (TPSA) is 38.5 Å². The predicted molar refractivity (Wildman–Crippen MR) is 63.9 cm³/mol. The summed E-state index contributed by atoms with van der Waals surface area (Å²) in [6, 6.07) is 0. The van der Waals surface area contributed by atoms with Crippen molar-refractivity contribution in [3.63, 3.8) is 0 Å². The smallest absolute Gasteiger partial charge is 0.0659 e. The molecule has 0 aliphatic heterocycles. The van der Waals surface area contributed by atoms with E-state index in [0.717, 1.165) is 19.1 Å². The monoisotopic (exact) mass is 214 g/mol. The molecule has 0 bridgehead atoms. The van der Waals surface area contributed by atoms with Crippen LogP contribution in [0.4, 0.5) is 0 Å². The summed E-state index contributed by atoms with van der Waals surface area (Å²) in [5.74, 6) is 0.891. The van der Waals surface area contributed by atoms with E-state index in [0.29, 0.717) is 6.54 Å². The second-order valence-electron chi connectivity index (χ2n) is 5.02. The quantitative estimate of drug-likeness (QED) is 0.697. The third kappa shape index (κ3) is 3.44. The van der Waals surface area contributed by atoms with Gasteiger partial charge in [-0.05, 0) is 39.7 Å². The van der Waals surface area contributed by atoms with Gasteiger partial charge in [0, 0.05) is 19.7 Å². The van der Waals surface area contributed by atoms with Crippen molar-refractivity contribution < 1.29 is 4.74 Å². The maximum Gasteiger partial charge on any atom is 0.0659 e. The van der Waals surface area contributed by atoms with Crippen molar-refractivity contribution in [2.75, 3.05) is 33.4 Å². The molecule has 0 spiro atoms. The number of hydrogen-bond donors (Lipinski definition) is 1. The summed E-state index contributed by atoms with van der Waals surface area (Å²) in [6.45, 7) is 7.57. The molecule has 0 saturated heterocycles. The fourth-order valence-corrected chi connectivity index (χ4v) is 1.93. The summed E-state index contributed by atoms with van der Waals surface area (Å²) >= 11 is 0. The summed E-state index contributed by atoms with van der Waals surface area (Å²) < 4.78 is 5.52. The molecule has 1 fully saturated rings. The Balaban J connectivity index is 2.38. The van der Waals surface area contributed by atoms with Gasteiger partial charge >= 0.3 is 0 Å². The van der Waals surface area contributed by atoms with Gasteiger partial charge in [-0.2, -0.15) is 0 Å². The SMILES string of the molecule is CCOCC(C)(CN)N(C)CC1CCC1. The van der Waals surface area contributed by atoms with Crippen LogP contribution in [0.2, 0.25) is 0 Å². The Labute approximate surface area is 94.0 Å². The van der Waals surface area contributed by atoms with E-state index in [4.69, 9.17) is 10.5 Å². The first-order valence-electron chi connectivity index (χ1n) is 6.11. The number of nitrogens with two attached hydrogens (primary N) is 1. The zero-order valence-corrected chi connectivity index (χ0v) is 10.5. The molecule has 1 saturated carbocycles. The van der Waals surface area contributed by atoms with Gasteiger partial charge in [0.1, 0.15) is 0 Å². The first kappa shape index (κ1) is 12.9. The lowest BCUT2D eigenvalue weighted by molar-refractivity contribution is 0.0105. The van der Waals surface area contributed by atoms with Crippen LogP contribution in [0, 0.1) is 5.92 Å². The van der Waals surface area contributed by atoms with E-state index in [9.17, 15) is 0 Å². The summed E-state index contributed by atoms with van der Waals surface area (Å²) in [4.78, 5) is 2.38. The molecule has 3 heteroatoms. The molecule has 1 atom stereocenters. The van der Waals surface area contributed by atoms with Crippen molar-refractivity contribution in [3.05, 3.63) is 0 Å². The number of nitrogens with zero attached hydrogens (tertiary/aromatic N) is 1. The van der Waals surface area contributed by atoms with E-state index in [1.807, 2.05) is 6.92 Å². The molecule has 0 heterocycles. The minimum absolute atomic E-state index is 0.00556. The highest BCUT2D eigenvalue weighted by atomic mass is 16.5. The van der Waals surface area contributed by atoms with Crippen molar-refractivity contribution >= 4 is 0 Å². The highest BCUT2D eigenvalue weighted by Crippen LogP contribution is 2.28. The molecule has 2 N–H and O–H groups in total. The zero-order chi connectivity index (χ0) is 11.3. The molecule has 90 valence electrons. The molecule has 1 rings (SSSR count). The second-order valence-corrected chi connectivity index (χ2v) is 5.02. The predicted octanol–water partition coefficient (Wildman–Crippen LogP) is 1.47. The van der Waals surface area contributed by atoms with Crippen molar-refractivity contribution in [1.29, 1.82) is 0 Å². The maximum absolute atomic E-state index is 5.86. The molecule has 1 aliphatic rings. The second kappa shape index (κ2) is 5.83. The van der Waals surface area contributed by atoms with Crippen LogP contribution >= 0.6 is 0 Å². The highest BCUT2D eigenvalue weighted by Gasteiger charge is 2.31. The fraction of sp³-hybridized carbons (Fsp3) is 1.00. The standard InChI is InChI=1S/C12H26N2O/c1-4-15-10-12(2,9-13)14(3)8-11-6-5-7-11/h11H,4-10,13H2,1-3H3. The van der Waals surface area contributed by atoms with Gasteiger partial charge in [-0.3, -0.25) is 4.90 Å². The average molecular weight is 214 g/mol. The third-order valence-corrected chi connectivity index (χ3v) is 3.74. The molecule has 0 aromatic heterocycles. The van der Waals surface area contributed by atoms with Gasteiger partial charge in [0.15, 0.2) is 0 Å². The van der Waals surface area contributed by atoms with E-state index in [1.54, 1.807) is 0 Å². The first-order chi connectivity index (χ1) is 7.12. The molecule has 1 unspecified atom stereocenters. The van der Waals surface area contributed by atoms with Gasteiger partial charge in [-0.25, -0.2) is 0 Å². The summed E-state index contributed by atoms with van der Waals surface area (Å²) in [5.41, 5.74) is 5.87. The number of likely N-dealkylation sites (N-methyl/N-ethyl adjacent to an activating group) is 1. The summed E-state index contributed by atoms with van der Waals surface area (Å²) in [5, 5.41) is 0. The Morgan fingerprint density at radius 3 is 2.53 bits per heavy atom. The van der Waals surface area contributed by atoms with Gasteiger partial charge in [0.25, 0.3) is 0 Å². The van der Waals surface area contributed by atoms with Gasteiger partial charge in [-0.1, -0.05) is 6.42 Å². The number of ether oxygens (including phenoxy) is 1. The lowest BCUT2D eigenvalue weighted by atomic mass is 9.84. The number of rotatable bonds is 7. The van der Waals surface area contributed by atoms with Crippen LogP contribution < -0.4 is 5.73 Å². The molecule has 0 radical (unpaired) electrons. The van der Waals surface area contributed by atoms with Crippen LogP contribution in [0.5, 0.6) is 0 Å². The molecule has 0 amide bonds. The Hall–Kier alpha value is -0.120. The zero-order valence-electron chi connectivity index (χ0n) is 10.5. The average Bonchev–Trinajstić information content (AvgIpc) is 2.19. The van der Waals surface area contributed by atoms with Gasteiger partial charge in [0.2, 0.25) is 0 Å². The van der Waals surface area contributed by atoms with E-state index < -0.39 is 0 Å². The Kier molecular flexibility index (Phi) is 5.03. The Morgan fingerprint density at radius 1 is 1.47 bits per heavy atom. The van der Waals surface area contributed by atoms with Crippen LogP contribution in [0.1, 0.15) is 33.1 Å². The van der Waals surface area contributed by atoms with Gasteiger partial charge in [0.05, 0.1) is 12.1 Å². The Morgan fingerprint density at radius 2 is 2.13 bits per heavy atom.